The minimum absolute atomic E-state index is 0.519. The van der Waals surface area contributed by atoms with Crippen molar-refractivity contribution < 1.29 is 9.16 Å². The first-order valence-electron chi connectivity index (χ1n) is 8.34. The first-order valence-corrected chi connectivity index (χ1v) is 8.34. The second-order valence-corrected chi connectivity index (χ2v) is 6.35. The molecule has 4 rings (SSSR count). The maximum atomic E-state index is 5.28. The van der Waals surface area contributed by atoms with E-state index in [9.17, 15) is 0 Å². The molecule has 1 aromatic carbocycles. The van der Waals surface area contributed by atoms with Crippen LogP contribution in [0.25, 0.3) is 5.57 Å². The summed E-state index contributed by atoms with van der Waals surface area (Å²) in [5.74, 6) is 2.83. The highest BCUT2D eigenvalue weighted by molar-refractivity contribution is 6.01. The molecule has 0 aliphatic heterocycles. The molecule has 24 heavy (non-hydrogen) atoms. The Balaban J connectivity index is 1.76. The van der Waals surface area contributed by atoms with Gasteiger partial charge in [0, 0.05) is 24.0 Å². The SMILES string of the molecule is COc1ccc(C2=CC(=C3C=CC(=[O+]C)C=C3)C3C=CC2C3)cc1. The number of ketones is 1. The molecule has 3 aliphatic carbocycles. The first-order chi connectivity index (χ1) is 11.8. The van der Waals surface area contributed by atoms with Crippen LogP contribution in [0.3, 0.4) is 0 Å². The lowest BCUT2D eigenvalue weighted by molar-refractivity contribution is -0.417. The van der Waals surface area contributed by atoms with E-state index in [1.54, 1.807) is 14.2 Å². The molecule has 2 unspecified atom stereocenters. The molecule has 0 fully saturated rings. The van der Waals surface area contributed by atoms with Gasteiger partial charge in [0.2, 0.25) is 0 Å². The van der Waals surface area contributed by atoms with E-state index in [4.69, 9.17) is 9.16 Å². The summed E-state index contributed by atoms with van der Waals surface area (Å²) in [4.78, 5) is 0. The molecule has 0 aromatic heterocycles. The summed E-state index contributed by atoms with van der Waals surface area (Å²) in [7, 11) is 3.41. The van der Waals surface area contributed by atoms with Crippen molar-refractivity contribution >= 4 is 11.4 Å². The highest BCUT2D eigenvalue weighted by Gasteiger charge is 2.31. The molecule has 3 aliphatic rings. The third-order valence-corrected chi connectivity index (χ3v) is 5.04. The molecule has 2 nitrogen and oxygen atoms in total. The van der Waals surface area contributed by atoms with Gasteiger partial charge in [0.15, 0.2) is 0 Å². The quantitative estimate of drug-likeness (QED) is 0.583. The van der Waals surface area contributed by atoms with Gasteiger partial charge in [-0.15, -0.1) is 0 Å². The van der Waals surface area contributed by atoms with Crippen molar-refractivity contribution in [1.82, 2.24) is 0 Å². The van der Waals surface area contributed by atoms with Crippen molar-refractivity contribution in [3.05, 3.63) is 83.5 Å². The lowest BCUT2D eigenvalue weighted by Gasteiger charge is -2.25. The minimum Gasteiger partial charge on any atom is -0.497 e. The van der Waals surface area contributed by atoms with Crippen molar-refractivity contribution in [2.24, 2.45) is 11.8 Å². The zero-order chi connectivity index (χ0) is 16.5. The van der Waals surface area contributed by atoms with Crippen LogP contribution in [-0.2, 0) is 4.42 Å². The maximum absolute atomic E-state index is 5.28. The molecular weight excluding hydrogens is 296 g/mol. The van der Waals surface area contributed by atoms with Crippen LogP contribution >= 0.6 is 0 Å². The molecule has 0 heterocycles. The summed E-state index contributed by atoms with van der Waals surface area (Å²) >= 11 is 0. The Kier molecular flexibility index (Phi) is 3.81. The van der Waals surface area contributed by atoms with Crippen LogP contribution in [0.2, 0.25) is 0 Å². The molecule has 120 valence electrons. The molecule has 1 aromatic rings. The van der Waals surface area contributed by atoms with Crippen molar-refractivity contribution in [3.63, 3.8) is 0 Å². The Labute approximate surface area is 142 Å². The Morgan fingerprint density at radius 2 is 1.67 bits per heavy atom. The molecule has 0 spiro atoms. The van der Waals surface area contributed by atoms with Crippen molar-refractivity contribution in [3.8, 4) is 5.75 Å². The van der Waals surface area contributed by atoms with Crippen LogP contribution in [0.1, 0.15) is 12.0 Å². The summed E-state index contributed by atoms with van der Waals surface area (Å²) < 4.78 is 10.6. The van der Waals surface area contributed by atoms with Crippen molar-refractivity contribution in [2.45, 2.75) is 6.42 Å². The summed E-state index contributed by atoms with van der Waals surface area (Å²) in [6.07, 6.45) is 16.6. The number of hydrogen-bond acceptors (Lipinski definition) is 1. The van der Waals surface area contributed by atoms with Gasteiger partial charge in [0.05, 0.1) is 7.11 Å². The zero-order valence-corrected chi connectivity index (χ0v) is 14.0. The first kappa shape index (κ1) is 14.9. The minimum atomic E-state index is 0.519. The molecule has 0 amide bonds. The van der Waals surface area contributed by atoms with Crippen LogP contribution < -0.4 is 4.74 Å². The number of benzene rings is 1. The van der Waals surface area contributed by atoms with Gasteiger partial charge in [-0.05, 0) is 53.0 Å². The number of ether oxygens (including phenoxy) is 1. The van der Waals surface area contributed by atoms with E-state index >= 15 is 0 Å². The summed E-state index contributed by atoms with van der Waals surface area (Å²) in [5.41, 5.74) is 5.34. The Morgan fingerprint density at radius 3 is 2.33 bits per heavy atom. The predicted octanol–water partition coefficient (Wildman–Crippen LogP) is 4.44. The number of allylic oxidation sites excluding steroid dienone is 10. The van der Waals surface area contributed by atoms with E-state index in [0.29, 0.717) is 11.8 Å². The smallest absolute Gasteiger partial charge is 0.343 e. The van der Waals surface area contributed by atoms with Gasteiger partial charge < -0.3 is 4.74 Å². The number of hydrogen-bond donors (Lipinski definition) is 0. The van der Waals surface area contributed by atoms with Gasteiger partial charge in [-0.1, -0.05) is 30.4 Å². The second-order valence-electron chi connectivity index (χ2n) is 6.35. The summed E-state index contributed by atoms with van der Waals surface area (Å²) in [6, 6.07) is 8.38. The van der Waals surface area contributed by atoms with Crippen LogP contribution in [0, 0.1) is 11.8 Å². The Hall–Kier alpha value is -2.61. The van der Waals surface area contributed by atoms with E-state index < -0.39 is 0 Å². The molecule has 0 radical (unpaired) electrons. The molecule has 2 heteroatoms. The van der Waals surface area contributed by atoms with Gasteiger partial charge in [0.1, 0.15) is 5.75 Å². The fraction of sp³-hybridized carbons (Fsp3) is 0.227. The van der Waals surface area contributed by atoms with Crippen molar-refractivity contribution in [2.75, 3.05) is 14.2 Å². The number of fused-ring (bicyclic) bond motifs is 2. The topological polar surface area (TPSA) is 20.5 Å². The normalized spacial score (nSPS) is 24.4. The fourth-order valence-electron chi connectivity index (χ4n) is 3.70. The average molecular weight is 317 g/mol. The molecule has 0 saturated carbocycles. The largest absolute Gasteiger partial charge is 0.497 e. The van der Waals surface area contributed by atoms with E-state index in [1.165, 1.54) is 28.7 Å². The van der Waals surface area contributed by atoms with Gasteiger partial charge in [0.25, 0.3) is 7.11 Å². The number of rotatable bonds is 2. The second kappa shape index (κ2) is 6.12. The molecule has 2 bridgehead atoms. The lowest BCUT2D eigenvalue weighted by Crippen LogP contribution is -2.11. The van der Waals surface area contributed by atoms with Gasteiger partial charge in [-0.25, -0.2) is 0 Å². The zero-order valence-electron chi connectivity index (χ0n) is 14.0. The van der Waals surface area contributed by atoms with Gasteiger partial charge in [-0.3, -0.25) is 4.42 Å². The molecular formula is C22H21O2+. The number of carbonyl (C=O) groups excluding carboxylic acids is 1. The van der Waals surface area contributed by atoms with Crippen LogP contribution in [-0.4, -0.2) is 20.0 Å². The molecule has 2 atom stereocenters. The predicted molar refractivity (Wildman–Crippen MR) is 97.9 cm³/mol. The Bertz CT molecular complexity index is 811. The third-order valence-electron chi connectivity index (χ3n) is 5.04. The highest BCUT2D eigenvalue weighted by Crippen LogP contribution is 2.45. The fourth-order valence-corrected chi connectivity index (χ4v) is 3.70. The van der Waals surface area contributed by atoms with Crippen LogP contribution in [0.4, 0.5) is 0 Å². The Morgan fingerprint density at radius 1 is 0.958 bits per heavy atom. The van der Waals surface area contributed by atoms with Crippen LogP contribution in [0.5, 0.6) is 5.75 Å². The average Bonchev–Trinajstić information content (AvgIpc) is 3.06. The summed E-state index contributed by atoms with van der Waals surface area (Å²) in [5, 5.41) is 0. The van der Waals surface area contributed by atoms with E-state index in [0.717, 1.165) is 11.5 Å². The molecule has 0 saturated heterocycles. The monoisotopic (exact) mass is 317 g/mol. The van der Waals surface area contributed by atoms with Crippen LogP contribution in [0.15, 0.2) is 77.9 Å². The maximum Gasteiger partial charge on any atom is 0.343 e. The van der Waals surface area contributed by atoms with E-state index in [1.807, 2.05) is 24.3 Å². The van der Waals surface area contributed by atoms with Crippen molar-refractivity contribution in [1.29, 1.82) is 0 Å². The summed E-state index contributed by atoms with van der Waals surface area (Å²) in [6.45, 7) is 0. The standard InChI is InChI=1S/C22H21O2/c1-23-19-9-5-15(6-10-19)21-14-22(18-4-3-17(21)13-18)16-7-11-20(24-2)12-8-16/h3-12,14,17-18H,13H2,1-2H3/q+1. The van der Waals surface area contributed by atoms with Gasteiger partial charge >= 0.3 is 5.78 Å². The third kappa shape index (κ3) is 2.58. The van der Waals surface area contributed by atoms with Gasteiger partial charge in [-0.2, -0.15) is 0 Å². The lowest BCUT2D eigenvalue weighted by atomic mass is 9.79. The highest BCUT2D eigenvalue weighted by atomic mass is 16.5. The van der Waals surface area contributed by atoms with E-state index in [2.05, 4.69) is 42.5 Å². The van der Waals surface area contributed by atoms with E-state index in [-0.39, 0.29) is 0 Å². The number of methoxy groups -OCH3 is 1. The molecule has 0 N–H and O–H groups in total.